The zero-order valence-electron chi connectivity index (χ0n) is 15.4. The first kappa shape index (κ1) is 16.0. The molecule has 26 heavy (non-hydrogen) atoms. The molecular weight excluding hydrogens is 336 g/mol. The van der Waals surface area contributed by atoms with Gasteiger partial charge in [-0.05, 0) is 36.7 Å². The standard InChI is InChI=1S/C20H26O6.H2/c1-8(2)13-14(21)16-20(26-16)18(3)5-4-9-10(7-24-17(9)23)11(18)6-12-19(20,25-12)15(13)22;/h8,11-16,21-22H,4-7H2,1-3H3;1H/t11-,12?,13?,14+,15+,16-,18-,19+,20+;/m0./s1. The van der Waals surface area contributed by atoms with Gasteiger partial charge in [-0.2, -0.15) is 0 Å². The van der Waals surface area contributed by atoms with Crippen molar-refractivity contribution >= 4 is 5.97 Å². The molecule has 3 heterocycles. The predicted octanol–water partition coefficient (Wildman–Crippen LogP) is 1.19. The summed E-state index contributed by atoms with van der Waals surface area (Å²) >= 11 is 0. The third-order valence-corrected chi connectivity index (χ3v) is 8.65. The van der Waals surface area contributed by atoms with Gasteiger partial charge in [-0.25, -0.2) is 4.79 Å². The van der Waals surface area contributed by atoms with Gasteiger partial charge in [-0.15, -0.1) is 0 Å². The lowest BCUT2D eigenvalue weighted by atomic mass is 9.46. The highest BCUT2D eigenvalue weighted by Gasteiger charge is 2.94. The van der Waals surface area contributed by atoms with Crippen LogP contribution in [0.15, 0.2) is 11.1 Å². The van der Waals surface area contributed by atoms with Crippen molar-refractivity contribution in [3.63, 3.8) is 0 Å². The van der Waals surface area contributed by atoms with Gasteiger partial charge in [0.05, 0.1) is 18.3 Å². The van der Waals surface area contributed by atoms with Crippen molar-refractivity contribution in [3.8, 4) is 0 Å². The van der Waals surface area contributed by atoms with Gasteiger partial charge in [0.2, 0.25) is 0 Å². The normalized spacial score (nSPS) is 59.1. The SMILES string of the molecule is CC(C)C1[C@@H](O)[C@@H]2O[C@@]23[C@@]2(C)CCC4=C(COC4=O)[C@@H]2CC2O[C@@]23[C@@H]1O.[HH]. The second-order valence-corrected chi connectivity index (χ2v) is 9.72. The number of carbonyl (C=O) groups excluding carboxylic acids is 1. The molecule has 0 aromatic carbocycles. The van der Waals surface area contributed by atoms with E-state index in [4.69, 9.17) is 14.2 Å². The minimum atomic E-state index is -0.726. The Bertz CT molecular complexity index is 766. The lowest BCUT2D eigenvalue weighted by Gasteiger charge is -2.54. The van der Waals surface area contributed by atoms with Crippen molar-refractivity contribution < 1.29 is 30.6 Å². The Labute approximate surface area is 154 Å². The number of hydrogen-bond donors (Lipinski definition) is 2. The Morgan fingerprint density at radius 3 is 2.77 bits per heavy atom. The fraction of sp³-hybridized carbons (Fsp3) is 0.850. The molecule has 144 valence electrons. The van der Waals surface area contributed by atoms with Crippen molar-refractivity contribution in [1.29, 1.82) is 0 Å². The Kier molecular flexibility index (Phi) is 2.70. The van der Waals surface area contributed by atoms with E-state index < -0.39 is 23.4 Å². The molecule has 0 bridgehead atoms. The fourth-order valence-electron chi connectivity index (χ4n) is 7.39. The van der Waals surface area contributed by atoms with E-state index in [1.54, 1.807) is 0 Å². The molecule has 0 aromatic heterocycles. The molecule has 0 amide bonds. The maximum atomic E-state index is 12.1. The van der Waals surface area contributed by atoms with Crippen molar-refractivity contribution in [3.05, 3.63) is 11.1 Å². The molecular formula is C20H28O6. The van der Waals surface area contributed by atoms with Gasteiger partial charge in [-0.3, -0.25) is 0 Å². The number of hydrogen-bond acceptors (Lipinski definition) is 6. The number of esters is 1. The molecule has 2 saturated carbocycles. The first-order chi connectivity index (χ1) is 12.3. The van der Waals surface area contributed by atoms with Crippen molar-refractivity contribution in [2.75, 3.05) is 6.61 Å². The lowest BCUT2D eigenvalue weighted by molar-refractivity contribution is -0.136. The number of carbonyl (C=O) groups is 1. The number of ether oxygens (including phenoxy) is 3. The number of rotatable bonds is 1. The second-order valence-electron chi connectivity index (χ2n) is 9.72. The van der Waals surface area contributed by atoms with Gasteiger partial charge in [-0.1, -0.05) is 20.8 Å². The molecule has 3 aliphatic carbocycles. The Morgan fingerprint density at radius 1 is 1.27 bits per heavy atom. The summed E-state index contributed by atoms with van der Waals surface area (Å²) in [6, 6.07) is 0. The Hall–Kier alpha value is -0.950. The third-order valence-electron chi connectivity index (χ3n) is 8.65. The molecule has 0 aromatic rings. The lowest BCUT2D eigenvalue weighted by Crippen LogP contribution is -2.69. The maximum absolute atomic E-state index is 12.1. The first-order valence-electron chi connectivity index (χ1n) is 9.90. The molecule has 0 radical (unpaired) electrons. The van der Waals surface area contributed by atoms with Gasteiger partial charge in [0.15, 0.2) is 5.60 Å². The van der Waals surface area contributed by atoms with Gasteiger partial charge in [0.25, 0.3) is 0 Å². The molecule has 6 aliphatic rings. The van der Waals surface area contributed by atoms with E-state index in [9.17, 15) is 15.0 Å². The molecule has 6 heteroatoms. The van der Waals surface area contributed by atoms with E-state index >= 15 is 0 Å². The zero-order chi connectivity index (χ0) is 18.2. The highest BCUT2D eigenvalue weighted by molar-refractivity contribution is 5.92. The topological polar surface area (TPSA) is 91.8 Å². The van der Waals surface area contributed by atoms with E-state index in [2.05, 4.69) is 6.92 Å². The monoisotopic (exact) mass is 364 g/mol. The van der Waals surface area contributed by atoms with Crippen molar-refractivity contribution in [1.82, 2.24) is 0 Å². The van der Waals surface area contributed by atoms with Crippen LogP contribution in [0.3, 0.4) is 0 Å². The van der Waals surface area contributed by atoms with Gasteiger partial charge < -0.3 is 24.4 Å². The van der Waals surface area contributed by atoms with Gasteiger partial charge >= 0.3 is 5.97 Å². The van der Waals surface area contributed by atoms with Crippen LogP contribution in [0.4, 0.5) is 0 Å². The van der Waals surface area contributed by atoms with E-state index in [1.165, 1.54) is 0 Å². The second kappa shape index (κ2) is 4.37. The number of cyclic esters (lactones) is 1. The molecule has 6 rings (SSSR count). The number of aliphatic hydroxyl groups is 2. The number of fused-ring (bicyclic) bond motifs is 2. The van der Waals surface area contributed by atoms with Crippen LogP contribution in [0.5, 0.6) is 0 Å². The van der Waals surface area contributed by atoms with Crippen LogP contribution >= 0.6 is 0 Å². The molecule has 2 spiro atoms. The summed E-state index contributed by atoms with van der Waals surface area (Å²) in [5.41, 5.74) is 0.333. The minimum Gasteiger partial charge on any atom is -0.458 e. The van der Waals surface area contributed by atoms with Gasteiger partial charge in [0, 0.05) is 18.3 Å². The summed E-state index contributed by atoms with van der Waals surface area (Å²) in [6.07, 6.45) is 0.490. The highest BCUT2D eigenvalue weighted by Crippen LogP contribution is 2.79. The fourth-order valence-corrected chi connectivity index (χ4v) is 7.39. The molecule has 2 saturated heterocycles. The largest absolute Gasteiger partial charge is 0.458 e. The van der Waals surface area contributed by atoms with Crippen molar-refractivity contribution in [2.45, 2.75) is 75.7 Å². The summed E-state index contributed by atoms with van der Waals surface area (Å²) in [4.78, 5) is 12.1. The molecule has 2 unspecified atom stereocenters. The Balaban J connectivity index is 0.00000160. The van der Waals surface area contributed by atoms with Crippen LogP contribution < -0.4 is 0 Å². The number of epoxide rings is 2. The molecule has 2 N–H and O–H groups in total. The van der Waals surface area contributed by atoms with Crippen LogP contribution in [0.25, 0.3) is 0 Å². The van der Waals surface area contributed by atoms with Crippen LogP contribution in [-0.4, -0.2) is 58.4 Å². The molecule has 6 nitrogen and oxygen atoms in total. The average Bonchev–Trinajstić information content (AvgIpc) is 3.45. The molecule has 3 aliphatic heterocycles. The van der Waals surface area contributed by atoms with Crippen molar-refractivity contribution in [2.24, 2.45) is 23.2 Å². The van der Waals surface area contributed by atoms with E-state index in [1.807, 2.05) is 13.8 Å². The molecule has 4 fully saturated rings. The van der Waals surface area contributed by atoms with E-state index in [0.717, 1.165) is 24.0 Å². The minimum absolute atomic E-state index is 0. The first-order valence-corrected chi connectivity index (χ1v) is 9.90. The molecule has 9 atom stereocenters. The highest BCUT2D eigenvalue weighted by atomic mass is 16.7. The number of aliphatic hydroxyl groups excluding tert-OH is 2. The third kappa shape index (κ3) is 1.38. The van der Waals surface area contributed by atoms with Gasteiger partial charge in [0.1, 0.15) is 18.3 Å². The summed E-state index contributed by atoms with van der Waals surface area (Å²) in [6.45, 7) is 6.65. The zero-order valence-corrected chi connectivity index (χ0v) is 15.4. The van der Waals surface area contributed by atoms with Crippen LogP contribution in [0.2, 0.25) is 0 Å². The van der Waals surface area contributed by atoms with Crippen LogP contribution in [-0.2, 0) is 19.0 Å². The quantitative estimate of drug-likeness (QED) is 0.536. The van der Waals surface area contributed by atoms with E-state index in [0.29, 0.717) is 13.0 Å². The maximum Gasteiger partial charge on any atom is 0.334 e. The Morgan fingerprint density at radius 2 is 2.04 bits per heavy atom. The average molecular weight is 364 g/mol. The summed E-state index contributed by atoms with van der Waals surface area (Å²) in [5, 5.41) is 22.3. The van der Waals surface area contributed by atoms with E-state index in [-0.39, 0.29) is 42.8 Å². The summed E-state index contributed by atoms with van der Waals surface area (Å²) < 4.78 is 17.9. The van der Waals surface area contributed by atoms with Crippen LogP contribution in [0, 0.1) is 23.2 Å². The predicted molar refractivity (Wildman–Crippen MR) is 91.1 cm³/mol. The van der Waals surface area contributed by atoms with Crippen LogP contribution in [0.1, 0.15) is 41.5 Å². The summed E-state index contributed by atoms with van der Waals surface area (Å²) in [7, 11) is 0. The smallest absolute Gasteiger partial charge is 0.334 e. The summed E-state index contributed by atoms with van der Waals surface area (Å²) in [5.74, 6) is -0.118.